The van der Waals surface area contributed by atoms with Crippen LogP contribution in [0, 0.1) is 0 Å². The fourth-order valence-electron chi connectivity index (χ4n) is 1.83. The van der Waals surface area contributed by atoms with E-state index < -0.39 is 9.84 Å². The lowest BCUT2D eigenvalue weighted by Gasteiger charge is -2.05. The fourth-order valence-corrected chi connectivity index (χ4v) is 3.11. The zero-order valence-corrected chi connectivity index (χ0v) is 11.9. The molecule has 1 rings (SSSR count). The van der Waals surface area contributed by atoms with Gasteiger partial charge in [-0.1, -0.05) is 37.3 Å². The predicted octanol–water partition coefficient (Wildman–Crippen LogP) is 2.03. The van der Waals surface area contributed by atoms with E-state index in [9.17, 15) is 8.42 Å². The quantitative estimate of drug-likeness (QED) is 0.698. The Morgan fingerprint density at radius 1 is 1.06 bits per heavy atom. The van der Waals surface area contributed by atoms with Crippen LogP contribution < -0.4 is 5.32 Å². The van der Waals surface area contributed by atoms with E-state index in [0.29, 0.717) is 18.7 Å². The predicted molar refractivity (Wildman–Crippen MR) is 76.6 cm³/mol. The van der Waals surface area contributed by atoms with Gasteiger partial charge in [0, 0.05) is 12.3 Å². The van der Waals surface area contributed by atoms with Crippen LogP contribution in [0.25, 0.3) is 0 Å². The maximum Gasteiger partial charge on any atom is 0.151 e. The van der Waals surface area contributed by atoms with Crippen molar-refractivity contribution in [3.8, 4) is 0 Å². The van der Waals surface area contributed by atoms with Gasteiger partial charge < -0.3 is 5.32 Å². The largest absolute Gasteiger partial charge is 0.316 e. The Morgan fingerprint density at radius 3 is 2.44 bits per heavy atom. The maximum absolute atomic E-state index is 11.4. The molecular weight excluding hydrogens is 246 g/mol. The first-order chi connectivity index (χ1) is 8.64. The van der Waals surface area contributed by atoms with E-state index >= 15 is 0 Å². The highest BCUT2D eigenvalue weighted by molar-refractivity contribution is 7.91. The van der Waals surface area contributed by atoms with Crippen LogP contribution in [0.3, 0.4) is 0 Å². The molecule has 0 radical (unpaired) electrons. The minimum Gasteiger partial charge on any atom is -0.316 e. The Labute approximate surface area is 111 Å². The molecule has 0 aliphatic heterocycles. The van der Waals surface area contributed by atoms with Crippen LogP contribution >= 0.6 is 0 Å². The molecule has 102 valence electrons. The summed E-state index contributed by atoms with van der Waals surface area (Å²) < 4.78 is 22.9. The van der Waals surface area contributed by atoms with Crippen molar-refractivity contribution < 1.29 is 8.42 Å². The van der Waals surface area contributed by atoms with E-state index in [2.05, 4.69) is 17.4 Å². The number of nitrogens with one attached hydrogen (secondary N) is 1. The molecule has 0 atom stereocenters. The molecule has 0 saturated heterocycles. The summed E-state index contributed by atoms with van der Waals surface area (Å²) in [5.74, 6) is 0.560. The number of hydrogen-bond donors (Lipinski definition) is 1. The molecular formula is C14H23NO2S. The van der Waals surface area contributed by atoms with Gasteiger partial charge in [0.2, 0.25) is 0 Å². The summed E-state index contributed by atoms with van der Waals surface area (Å²) in [5.41, 5.74) is 1.33. The number of benzene rings is 1. The minimum atomic E-state index is -2.83. The summed E-state index contributed by atoms with van der Waals surface area (Å²) in [5, 5.41) is 3.19. The smallest absolute Gasteiger partial charge is 0.151 e. The molecule has 0 unspecified atom stereocenters. The van der Waals surface area contributed by atoms with Crippen LogP contribution in [-0.4, -0.2) is 33.0 Å². The Morgan fingerprint density at radius 2 is 1.78 bits per heavy atom. The SMILES string of the molecule is CCCS(=O)(=O)CCNCCCc1ccccc1. The highest BCUT2D eigenvalue weighted by Gasteiger charge is 2.07. The second-order valence-corrected chi connectivity index (χ2v) is 6.79. The molecule has 0 heterocycles. The second-order valence-electron chi connectivity index (χ2n) is 4.49. The van der Waals surface area contributed by atoms with Gasteiger partial charge in [-0.3, -0.25) is 0 Å². The van der Waals surface area contributed by atoms with Gasteiger partial charge in [0.05, 0.1) is 5.75 Å². The molecule has 0 spiro atoms. The van der Waals surface area contributed by atoms with Crippen molar-refractivity contribution >= 4 is 9.84 Å². The van der Waals surface area contributed by atoms with E-state index in [0.717, 1.165) is 19.4 Å². The van der Waals surface area contributed by atoms with Crippen molar-refractivity contribution in [2.24, 2.45) is 0 Å². The van der Waals surface area contributed by atoms with Crippen molar-refractivity contribution in [1.29, 1.82) is 0 Å². The van der Waals surface area contributed by atoms with Gasteiger partial charge >= 0.3 is 0 Å². The second kappa shape index (κ2) is 8.27. The molecule has 0 amide bonds. The van der Waals surface area contributed by atoms with Crippen LogP contribution in [0.5, 0.6) is 0 Å². The standard InChI is InChI=1S/C14H23NO2S/c1-2-12-18(16,17)13-11-15-10-6-9-14-7-4-3-5-8-14/h3-5,7-8,15H,2,6,9-13H2,1H3. The van der Waals surface area contributed by atoms with E-state index in [1.165, 1.54) is 5.56 Å². The molecule has 0 bridgehead atoms. The van der Waals surface area contributed by atoms with E-state index in [1.807, 2.05) is 25.1 Å². The van der Waals surface area contributed by atoms with Crippen LogP contribution in [0.15, 0.2) is 30.3 Å². The van der Waals surface area contributed by atoms with Crippen molar-refractivity contribution in [2.45, 2.75) is 26.2 Å². The molecule has 3 nitrogen and oxygen atoms in total. The highest BCUT2D eigenvalue weighted by Crippen LogP contribution is 2.01. The Balaban J connectivity index is 2.06. The third kappa shape index (κ3) is 6.77. The molecule has 0 saturated carbocycles. The average Bonchev–Trinajstić information content (AvgIpc) is 2.35. The topological polar surface area (TPSA) is 46.2 Å². The Bertz CT molecular complexity index is 415. The molecule has 1 N–H and O–H groups in total. The third-order valence-electron chi connectivity index (χ3n) is 2.77. The zero-order valence-electron chi connectivity index (χ0n) is 11.1. The van der Waals surface area contributed by atoms with Crippen LogP contribution in [0.1, 0.15) is 25.3 Å². The van der Waals surface area contributed by atoms with E-state index in [4.69, 9.17) is 0 Å². The summed E-state index contributed by atoms with van der Waals surface area (Å²) in [6.45, 7) is 3.33. The van der Waals surface area contributed by atoms with Crippen LogP contribution in [-0.2, 0) is 16.3 Å². The average molecular weight is 269 g/mol. The first kappa shape index (κ1) is 15.2. The van der Waals surface area contributed by atoms with Gasteiger partial charge in [-0.25, -0.2) is 8.42 Å². The summed E-state index contributed by atoms with van der Waals surface area (Å²) >= 11 is 0. The Hall–Kier alpha value is -0.870. The van der Waals surface area contributed by atoms with E-state index in [-0.39, 0.29) is 5.75 Å². The molecule has 0 aliphatic carbocycles. The normalized spacial score (nSPS) is 11.6. The number of sulfone groups is 1. The molecule has 1 aromatic carbocycles. The Kier molecular flexibility index (Phi) is 6.98. The lowest BCUT2D eigenvalue weighted by molar-refractivity contribution is 0.588. The van der Waals surface area contributed by atoms with E-state index in [1.54, 1.807) is 0 Å². The molecule has 1 aromatic rings. The summed E-state index contributed by atoms with van der Waals surface area (Å²) in [7, 11) is -2.83. The van der Waals surface area contributed by atoms with Gasteiger partial charge in [-0.2, -0.15) is 0 Å². The highest BCUT2D eigenvalue weighted by atomic mass is 32.2. The zero-order chi connectivity index (χ0) is 13.3. The van der Waals surface area contributed by atoms with Gasteiger partial charge in [0.1, 0.15) is 0 Å². The van der Waals surface area contributed by atoms with Crippen molar-refractivity contribution in [3.63, 3.8) is 0 Å². The minimum absolute atomic E-state index is 0.256. The number of hydrogen-bond acceptors (Lipinski definition) is 3. The van der Waals surface area contributed by atoms with Crippen LogP contribution in [0.4, 0.5) is 0 Å². The number of rotatable bonds is 9. The van der Waals surface area contributed by atoms with Gasteiger partial charge in [0.25, 0.3) is 0 Å². The number of aryl methyl sites for hydroxylation is 1. The lowest BCUT2D eigenvalue weighted by atomic mass is 10.1. The fraction of sp³-hybridized carbons (Fsp3) is 0.571. The first-order valence-electron chi connectivity index (χ1n) is 6.59. The summed E-state index contributed by atoms with van der Waals surface area (Å²) in [4.78, 5) is 0. The summed E-state index contributed by atoms with van der Waals surface area (Å²) in [6, 6.07) is 10.3. The molecule has 0 fully saturated rings. The summed E-state index contributed by atoms with van der Waals surface area (Å²) in [6.07, 6.45) is 2.78. The van der Waals surface area contributed by atoms with Crippen molar-refractivity contribution in [3.05, 3.63) is 35.9 Å². The van der Waals surface area contributed by atoms with Gasteiger partial charge in [-0.15, -0.1) is 0 Å². The van der Waals surface area contributed by atoms with Gasteiger partial charge in [-0.05, 0) is 31.4 Å². The molecule has 4 heteroatoms. The maximum atomic E-state index is 11.4. The first-order valence-corrected chi connectivity index (χ1v) is 8.41. The van der Waals surface area contributed by atoms with Gasteiger partial charge in [0.15, 0.2) is 9.84 Å². The third-order valence-corrected chi connectivity index (χ3v) is 4.62. The van der Waals surface area contributed by atoms with Crippen molar-refractivity contribution in [1.82, 2.24) is 5.32 Å². The van der Waals surface area contributed by atoms with Crippen molar-refractivity contribution in [2.75, 3.05) is 24.6 Å². The monoisotopic (exact) mass is 269 g/mol. The van der Waals surface area contributed by atoms with Crippen LogP contribution in [0.2, 0.25) is 0 Å². The molecule has 18 heavy (non-hydrogen) atoms. The molecule has 0 aliphatic rings. The molecule has 0 aromatic heterocycles. The lowest BCUT2D eigenvalue weighted by Crippen LogP contribution is -2.25.